The number of nitrogens with one attached hydrogen (secondary N) is 1. The summed E-state index contributed by atoms with van der Waals surface area (Å²) >= 11 is 0. The Morgan fingerprint density at radius 1 is 1.26 bits per heavy atom. The van der Waals surface area contributed by atoms with Crippen molar-refractivity contribution in [2.24, 2.45) is 0 Å². The van der Waals surface area contributed by atoms with Crippen LogP contribution in [0.5, 0.6) is 0 Å². The highest BCUT2D eigenvalue weighted by atomic mass is 16.5. The van der Waals surface area contributed by atoms with Crippen LogP contribution in [0, 0.1) is 6.92 Å². The summed E-state index contributed by atoms with van der Waals surface area (Å²) in [5, 5.41) is 15.2. The van der Waals surface area contributed by atoms with Crippen LogP contribution in [0.25, 0.3) is 0 Å². The molecule has 0 aliphatic carbocycles. The van der Waals surface area contributed by atoms with Crippen LogP contribution in [0.1, 0.15) is 32.2 Å². The minimum atomic E-state index is -1.02. The minimum absolute atomic E-state index is 0.142. The van der Waals surface area contributed by atoms with Gasteiger partial charge in [-0.2, -0.15) is 0 Å². The fourth-order valence-corrected chi connectivity index (χ4v) is 1.54. The lowest BCUT2D eigenvalue weighted by atomic mass is 10.1. The van der Waals surface area contributed by atoms with Gasteiger partial charge in [0.2, 0.25) is 0 Å². The van der Waals surface area contributed by atoms with E-state index < -0.39 is 5.97 Å². The molecule has 0 saturated heterocycles. The molecule has 0 atom stereocenters. The van der Waals surface area contributed by atoms with Gasteiger partial charge in [0.1, 0.15) is 11.5 Å². The summed E-state index contributed by atoms with van der Waals surface area (Å²) in [4.78, 5) is 22.5. The summed E-state index contributed by atoms with van der Waals surface area (Å²) in [6.07, 6.45) is 0. The number of amides is 1. The Balaban J connectivity index is 1.98. The molecule has 1 aromatic carbocycles. The van der Waals surface area contributed by atoms with Crippen molar-refractivity contribution < 1.29 is 19.2 Å². The number of carbonyl (C=O) groups excluding carboxylic acids is 1. The zero-order chi connectivity index (χ0) is 13.8. The normalized spacial score (nSPS) is 10.2. The summed E-state index contributed by atoms with van der Waals surface area (Å²) in [6, 6.07) is 7.43. The third-order valence-electron chi connectivity index (χ3n) is 2.50. The molecule has 0 fully saturated rings. The molecule has 1 heterocycles. The molecule has 6 nitrogen and oxygen atoms in total. The van der Waals surface area contributed by atoms with Gasteiger partial charge in [0.25, 0.3) is 5.91 Å². The van der Waals surface area contributed by atoms with Crippen LogP contribution < -0.4 is 5.32 Å². The quantitative estimate of drug-likeness (QED) is 0.871. The monoisotopic (exact) mass is 260 g/mol. The van der Waals surface area contributed by atoms with Crippen molar-refractivity contribution in [3.05, 3.63) is 52.9 Å². The van der Waals surface area contributed by atoms with E-state index in [0.29, 0.717) is 17.0 Å². The molecule has 2 aromatic rings. The van der Waals surface area contributed by atoms with Crippen molar-refractivity contribution in [3.63, 3.8) is 0 Å². The maximum atomic E-state index is 11.8. The molecular formula is C13H12N2O4. The van der Waals surface area contributed by atoms with Crippen LogP contribution in [-0.2, 0) is 6.54 Å². The van der Waals surface area contributed by atoms with Crippen molar-refractivity contribution in [1.82, 2.24) is 10.5 Å². The first-order valence-electron chi connectivity index (χ1n) is 5.60. The molecule has 1 amide bonds. The lowest BCUT2D eigenvalue weighted by Crippen LogP contribution is -2.22. The largest absolute Gasteiger partial charge is 0.478 e. The number of nitrogens with zero attached hydrogens (tertiary/aromatic N) is 1. The third kappa shape index (κ3) is 3.19. The summed E-state index contributed by atoms with van der Waals surface area (Å²) < 4.78 is 4.88. The maximum Gasteiger partial charge on any atom is 0.335 e. The Morgan fingerprint density at radius 3 is 2.42 bits per heavy atom. The highest BCUT2D eigenvalue weighted by molar-refractivity contribution is 5.95. The number of hydrogen-bond acceptors (Lipinski definition) is 4. The lowest BCUT2D eigenvalue weighted by molar-refractivity contribution is 0.0696. The van der Waals surface area contributed by atoms with E-state index in [9.17, 15) is 9.59 Å². The molecule has 0 saturated carbocycles. The van der Waals surface area contributed by atoms with E-state index >= 15 is 0 Å². The van der Waals surface area contributed by atoms with Crippen LogP contribution in [0.15, 0.2) is 34.9 Å². The van der Waals surface area contributed by atoms with Gasteiger partial charge in [0, 0.05) is 11.6 Å². The van der Waals surface area contributed by atoms with Crippen LogP contribution >= 0.6 is 0 Å². The van der Waals surface area contributed by atoms with Crippen LogP contribution in [-0.4, -0.2) is 22.1 Å². The first-order valence-corrected chi connectivity index (χ1v) is 5.60. The van der Waals surface area contributed by atoms with E-state index in [4.69, 9.17) is 9.63 Å². The van der Waals surface area contributed by atoms with Crippen LogP contribution in [0.4, 0.5) is 0 Å². The Kier molecular flexibility index (Phi) is 3.61. The van der Waals surface area contributed by atoms with E-state index in [1.807, 2.05) is 0 Å². The predicted molar refractivity (Wildman–Crippen MR) is 65.8 cm³/mol. The lowest BCUT2D eigenvalue weighted by Gasteiger charge is -2.03. The number of hydrogen-bond donors (Lipinski definition) is 2. The number of carboxylic acid groups (broad SMARTS) is 1. The smallest absolute Gasteiger partial charge is 0.335 e. The number of rotatable bonds is 4. The minimum Gasteiger partial charge on any atom is -0.478 e. The third-order valence-corrected chi connectivity index (χ3v) is 2.50. The van der Waals surface area contributed by atoms with Gasteiger partial charge in [-0.1, -0.05) is 5.16 Å². The molecule has 0 spiro atoms. The second-order valence-corrected chi connectivity index (χ2v) is 3.99. The number of benzene rings is 1. The second-order valence-electron chi connectivity index (χ2n) is 3.99. The summed E-state index contributed by atoms with van der Waals surface area (Å²) in [5.74, 6) is -0.641. The summed E-state index contributed by atoms with van der Waals surface area (Å²) in [5.41, 5.74) is 1.17. The molecule has 0 bridgehead atoms. The van der Waals surface area contributed by atoms with Gasteiger partial charge in [-0.25, -0.2) is 4.79 Å². The molecule has 1 aromatic heterocycles. The average Bonchev–Trinajstić information content (AvgIpc) is 2.82. The molecule has 0 aliphatic heterocycles. The Labute approximate surface area is 109 Å². The van der Waals surface area contributed by atoms with Gasteiger partial charge in [-0.05, 0) is 31.2 Å². The van der Waals surface area contributed by atoms with E-state index in [0.717, 1.165) is 0 Å². The van der Waals surface area contributed by atoms with E-state index in [-0.39, 0.29) is 18.0 Å². The number of carboxylic acids is 1. The Morgan fingerprint density at radius 2 is 1.89 bits per heavy atom. The first kappa shape index (κ1) is 12.8. The van der Waals surface area contributed by atoms with E-state index in [1.54, 1.807) is 13.0 Å². The van der Waals surface area contributed by atoms with Crippen molar-refractivity contribution in [3.8, 4) is 0 Å². The van der Waals surface area contributed by atoms with Crippen molar-refractivity contribution in [1.29, 1.82) is 0 Å². The van der Waals surface area contributed by atoms with Gasteiger partial charge in [0.15, 0.2) is 0 Å². The SMILES string of the molecule is Cc1cc(CNC(=O)c2ccc(C(=O)O)cc2)no1. The van der Waals surface area contributed by atoms with Crippen molar-refractivity contribution in [2.45, 2.75) is 13.5 Å². The highest BCUT2D eigenvalue weighted by Crippen LogP contribution is 2.05. The molecule has 2 rings (SSSR count). The van der Waals surface area contributed by atoms with Gasteiger partial charge >= 0.3 is 5.97 Å². The predicted octanol–water partition coefficient (Wildman–Crippen LogP) is 1.61. The van der Waals surface area contributed by atoms with Gasteiger partial charge in [-0.3, -0.25) is 4.79 Å². The molecule has 0 radical (unpaired) electrons. The second kappa shape index (κ2) is 5.34. The van der Waals surface area contributed by atoms with Crippen LogP contribution in [0.2, 0.25) is 0 Å². The van der Waals surface area contributed by atoms with E-state index in [1.165, 1.54) is 24.3 Å². The van der Waals surface area contributed by atoms with E-state index in [2.05, 4.69) is 10.5 Å². The van der Waals surface area contributed by atoms with Gasteiger partial charge < -0.3 is 14.9 Å². The number of aryl methyl sites for hydroxylation is 1. The van der Waals surface area contributed by atoms with Gasteiger partial charge in [0.05, 0.1) is 12.1 Å². The molecule has 6 heteroatoms. The van der Waals surface area contributed by atoms with Crippen LogP contribution in [0.3, 0.4) is 0 Å². The summed E-state index contributed by atoms with van der Waals surface area (Å²) in [6.45, 7) is 2.03. The topological polar surface area (TPSA) is 92.4 Å². The molecule has 0 unspecified atom stereocenters. The fourth-order valence-electron chi connectivity index (χ4n) is 1.54. The first-order chi connectivity index (χ1) is 9.06. The van der Waals surface area contributed by atoms with Gasteiger partial charge in [-0.15, -0.1) is 0 Å². The molecule has 0 aliphatic rings. The number of aromatic carboxylic acids is 1. The molecule has 98 valence electrons. The maximum absolute atomic E-state index is 11.8. The Bertz CT molecular complexity index is 601. The molecule has 2 N–H and O–H groups in total. The Hall–Kier alpha value is -2.63. The zero-order valence-corrected chi connectivity index (χ0v) is 10.2. The fraction of sp³-hybridized carbons (Fsp3) is 0.154. The number of aromatic nitrogens is 1. The van der Waals surface area contributed by atoms with Crippen molar-refractivity contribution in [2.75, 3.05) is 0 Å². The number of carbonyl (C=O) groups is 2. The van der Waals surface area contributed by atoms with Crippen molar-refractivity contribution >= 4 is 11.9 Å². The molecular weight excluding hydrogens is 248 g/mol. The summed E-state index contributed by atoms with van der Waals surface area (Å²) in [7, 11) is 0. The standard InChI is InChI=1S/C13H12N2O4/c1-8-6-11(15-19-8)7-14-12(16)9-2-4-10(5-3-9)13(17)18/h2-6H,7H2,1H3,(H,14,16)(H,17,18). The molecule has 19 heavy (non-hydrogen) atoms. The zero-order valence-electron chi connectivity index (χ0n) is 10.2. The highest BCUT2D eigenvalue weighted by Gasteiger charge is 2.08. The average molecular weight is 260 g/mol.